The molecule has 3 rings (SSSR count). The lowest BCUT2D eigenvalue weighted by molar-refractivity contribution is -0.135. The topological polar surface area (TPSA) is 60.4 Å². The summed E-state index contributed by atoms with van der Waals surface area (Å²) < 4.78 is 5.31. The molecule has 7 heteroatoms. The summed E-state index contributed by atoms with van der Waals surface area (Å²) in [5.74, 6) is 2.15. The number of likely N-dealkylation sites (tertiary alicyclic amines) is 1. The van der Waals surface area contributed by atoms with Crippen molar-refractivity contribution in [3.63, 3.8) is 0 Å². The van der Waals surface area contributed by atoms with Gasteiger partial charge >= 0.3 is 0 Å². The molecule has 7 nitrogen and oxygen atoms in total. The predicted molar refractivity (Wildman–Crippen MR) is 121 cm³/mol. The molecule has 1 amide bonds. The number of ether oxygens (including phenoxy) is 1. The van der Waals surface area contributed by atoms with Gasteiger partial charge in [0.1, 0.15) is 5.75 Å². The average Bonchev–Trinajstić information content (AvgIpc) is 3.33. The number of methoxy groups -OCH3 is 1. The van der Waals surface area contributed by atoms with Gasteiger partial charge in [0, 0.05) is 52.4 Å². The van der Waals surface area contributed by atoms with Crippen molar-refractivity contribution in [3.05, 3.63) is 29.8 Å². The number of benzene rings is 1. The van der Waals surface area contributed by atoms with Gasteiger partial charge in [-0.15, -0.1) is 0 Å². The first kappa shape index (κ1) is 22.4. The average molecular weight is 416 g/mol. The van der Waals surface area contributed by atoms with Gasteiger partial charge in [0.05, 0.1) is 13.2 Å². The number of nitrogens with zero attached hydrogens (tertiary/aromatic N) is 4. The van der Waals surface area contributed by atoms with Crippen molar-refractivity contribution in [2.24, 2.45) is 4.99 Å². The van der Waals surface area contributed by atoms with E-state index < -0.39 is 0 Å². The summed E-state index contributed by atoms with van der Waals surface area (Å²) in [6.45, 7) is 11.2. The molecule has 1 aromatic carbocycles. The SMILES string of the molecule is CCNC(=NCCc1cccc(OC)c1)N1CCN(C(C)C(=O)N2CCCC2)CC1. The van der Waals surface area contributed by atoms with Crippen LogP contribution in [0.5, 0.6) is 5.75 Å². The highest BCUT2D eigenvalue weighted by Gasteiger charge is 2.30. The van der Waals surface area contributed by atoms with E-state index in [0.29, 0.717) is 5.91 Å². The molecular formula is C23H37N5O2. The summed E-state index contributed by atoms with van der Waals surface area (Å²) in [4.78, 5) is 24.2. The van der Waals surface area contributed by atoms with Crippen LogP contribution in [0.2, 0.25) is 0 Å². The molecule has 1 unspecified atom stereocenters. The Morgan fingerprint density at radius 1 is 1.13 bits per heavy atom. The van der Waals surface area contributed by atoms with E-state index >= 15 is 0 Å². The second-order valence-corrected chi connectivity index (χ2v) is 8.07. The van der Waals surface area contributed by atoms with E-state index in [0.717, 1.165) is 83.3 Å². The Kier molecular flexibility index (Phi) is 8.37. The molecule has 1 aromatic rings. The van der Waals surface area contributed by atoms with E-state index in [-0.39, 0.29) is 6.04 Å². The number of hydrogen-bond acceptors (Lipinski definition) is 4. The largest absolute Gasteiger partial charge is 0.497 e. The third-order valence-corrected chi connectivity index (χ3v) is 6.07. The second-order valence-electron chi connectivity index (χ2n) is 8.07. The molecule has 0 bridgehead atoms. The van der Waals surface area contributed by atoms with Crippen LogP contribution in [0.1, 0.15) is 32.3 Å². The lowest BCUT2D eigenvalue weighted by atomic mass is 10.1. The van der Waals surface area contributed by atoms with Crippen molar-refractivity contribution in [1.29, 1.82) is 0 Å². The molecule has 0 saturated carbocycles. The molecule has 0 spiro atoms. The van der Waals surface area contributed by atoms with Gasteiger partial charge in [-0.25, -0.2) is 0 Å². The van der Waals surface area contributed by atoms with Crippen molar-refractivity contribution in [2.45, 2.75) is 39.2 Å². The predicted octanol–water partition coefficient (Wildman–Crippen LogP) is 1.83. The molecule has 0 radical (unpaired) electrons. The maximum atomic E-state index is 12.7. The Labute approximate surface area is 181 Å². The summed E-state index contributed by atoms with van der Waals surface area (Å²) in [7, 11) is 1.69. The molecule has 1 N–H and O–H groups in total. The maximum Gasteiger partial charge on any atom is 0.239 e. The van der Waals surface area contributed by atoms with Gasteiger partial charge in [0.25, 0.3) is 0 Å². The van der Waals surface area contributed by atoms with E-state index in [1.165, 1.54) is 5.56 Å². The van der Waals surface area contributed by atoms with Crippen LogP contribution in [-0.4, -0.2) is 92.1 Å². The van der Waals surface area contributed by atoms with Crippen molar-refractivity contribution in [3.8, 4) is 5.75 Å². The highest BCUT2D eigenvalue weighted by molar-refractivity contribution is 5.82. The lowest BCUT2D eigenvalue weighted by Crippen LogP contribution is -2.57. The normalized spacial score (nSPS) is 19.1. The fourth-order valence-electron chi connectivity index (χ4n) is 4.22. The smallest absolute Gasteiger partial charge is 0.239 e. The number of carbonyl (C=O) groups excluding carboxylic acids is 1. The minimum atomic E-state index is -0.0298. The molecule has 30 heavy (non-hydrogen) atoms. The van der Waals surface area contributed by atoms with E-state index in [2.05, 4.69) is 41.1 Å². The van der Waals surface area contributed by atoms with Gasteiger partial charge in [-0.3, -0.25) is 14.7 Å². The molecular weight excluding hydrogens is 378 g/mol. The molecule has 1 atom stereocenters. The molecule has 2 aliphatic rings. The van der Waals surface area contributed by atoms with Gasteiger partial charge in [-0.05, 0) is 50.8 Å². The zero-order valence-electron chi connectivity index (χ0n) is 18.8. The van der Waals surface area contributed by atoms with Crippen LogP contribution in [0.15, 0.2) is 29.3 Å². The Bertz CT molecular complexity index is 709. The third kappa shape index (κ3) is 5.88. The van der Waals surface area contributed by atoms with E-state index in [9.17, 15) is 4.79 Å². The molecule has 2 heterocycles. The summed E-state index contributed by atoms with van der Waals surface area (Å²) in [6.07, 6.45) is 3.17. The van der Waals surface area contributed by atoms with Crippen molar-refractivity contribution >= 4 is 11.9 Å². The summed E-state index contributed by atoms with van der Waals surface area (Å²) >= 11 is 0. The van der Waals surface area contributed by atoms with E-state index in [4.69, 9.17) is 9.73 Å². The summed E-state index contributed by atoms with van der Waals surface area (Å²) in [5, 5.41) is 3.43. The van der Waals surface area contributed by atoms with Crippen LogP contribution in [0.25, 0.3) is 0 Å². The number of nitrogens with one attached hydrogen (secondary N) is 1. The Morgan fingerprint density at radius 3 is 2.53 bits per heavy atom. The monoisotopic (exact) mass is 415 g/mol. The number of guanidine groups is 1. The molecule has 2 aliphatic heterocycles. The second kappa shape index (κ2) is 11.2. The first-order chi connectivity index (χ1) is 14.6. The maximum absolute atomic E-state index is 12.7. The van der Waals surface area contributed by atoms with E-state index in [1.807, 2.05) is 17.0 Å². The van der Waals surface area contributed by atoms with Gasteiger partial charge < -0.3 is 19.9 Å². The van der Waals surface area contributed by atoms with Crippen molar-refractivity contribution in [1.82, 2.24) is 20.0 Å². The highest BCUT2D eigenvalue weighted by Crippen LogP contribution is 2.15. The Balaban J connectivity index is 1.51. The highest BCUT2D eigenvalue weighted by atomic mass is 16.5. The number of amides is 1. The molecule has 2 saturated heterocycles. The molecule has 2 fully saturated rings. The van der Waals surface area contributed by atoms with Gasteiger partial charge in [-0.2, -0.15) is 0 Å². The molecule has 0 aliphatic carbocycles. The summed E-state index contributed by atoms with van der Waals surface area (Å²) in [5.41, 5.74) is 1.23. The number of rotatable bonds is 7. The minimum absolute atomic E-state index is 0.0298. The van der Waals surface area contributed by atoms with Crippen LogP contribution in [0, 0.1) is 0 Å². The van der Waals surface area contributed by atoms with Gasteiger partial charge in [0.15, 0.2) is 5.96 Å². The van der Waals surface area contributed by atoms with Crippen molar-refractivity contribution in [2.75, 3.05) is 59.5 Å². The summed E-state index contributed by atoms with van der Waals surface area (Å²) in [6, 6.07) is 8.14. The first-order valence-corrected chi connectivity index (χ1v) is 11.3. The first-order valence-electron chi connectivity index (χ1n) is 11.3. The van der Waals surface area contributed by atoms with Crippen molar-refractivity contribution < 1.29 is 9.53 Å². The minimum Gasteiger partial charge on any atom is -0.497 e. The fourth-order valence-corrected chi connectivity index (χ4v) is 4.22. The quantitative estimate of drug-likeness (QED) is 0.544. The standard InChI is InChI=1S/C23H37N5O2/c1-4-24-23(25-11-10-20-8-7-9-21(18-20)30-3)28-16-14-26(15-17-28)19(2)22(29)27-12-5-6-13-27/h7-9,18-19H,4-6,10-17H2,1-3H3,(H,24,25). The van der Waals surface area contributed by atoms with Crippen LogP contribution < -0.4 is 10.1 Å². The van der Waals surface area contributed by atoms with Crippen LogP contribution in [0.4, 0.5) is 0 Å². The zero-order chi connectivity index (χ0) is 21.3. The number of piperazine rings is 1. The third-order valence-electron chi connectivity index (χ3n) is 6.07. The van der Waals surface area contributed by atoms with Crippen LogP contribution in [-0.2, 0) is 11.2 Å². The fraction of sp³-hybridized carbons (Fsp3) is 0.652. The number of hydrogen-bond donors (Lipinski definition) is 1. The molecule has 0 aromatic heterocycles. The van der Waals surface area contributed by atoms with Gasteiger partial charge in [-0.1, -0.05) is 12.1 Å². The molecule has 166 valence electrons. The Morgan fingerprint density at radius 2 is 1.87 bits per heavy atom. The van der Waals surface area contributed by atoms with Crippen LogP contribution >= 0.6 is 0 Å². The number of carbonyl (C=O) groups is 1. The van der Waals surface area contributed by atoms with E-state index in [1.54, 1.807) is 7.11 Å². The number of aliphatic imine (C=N–C) groups is 1. The Hall–Kier alpha value is -2.28. The lowest BCUT2D eigenvalue weighted by Gasteiger charge is -2.39. The zero-order valence-corrected chi connectivity index (χ0v) is 18.8. The van der Waals surface area contributed by atoms with Gasteiger partial charge in [0.2, 0.25) is 5.91 Å². The van der Waals surface area contributed by atoms with Crippen LogP contribution in [0.3, 0.4) is 0 Å².